The molecule has 1 atom stereocenters. The third-order valence-corrected chi connectivity index (χ3v) is 6.06. The van der Waals surface area contributed by atoms with Crippen LogP contribution in [0.3, 0.4) is 0 Å². The molecule has 0 spiro atoms. The molecule has 2 aromatic carbocycles. The number of hydrogen-bond acceptors (Lipinski definition) is 7. The van der Waals surface area contributed by atoms with Gasteiger partial charge in [-0.25, -0.2) is 0 Å². The first-order chi connectivity index (χ1) is 15.3. The highest BCUT2D eigenvalue weighted by Gasteiger charge is 2.22. The number of aromatic nitrogens is 3. The van der Waals surface area contributed by atoms with Crippen molar-refractivity contribution in [2.75, 3.05) is 19.0 Å². The summed E-state index contributed by atoms with van der Waals surface area (Å²) >= 11 is 13.3. The number of amides is 1. The first kappa shape index (κ1) is 24.0. The number of carbonyl (C=O) groups is 1. The molecule has 3 aromatic rings. The Kier molecular flexibility index (Phi) is 8.08. The number of nitro benzene ring substituents is 1. The van der Waals surface area contributed by atoms with Gasteiger partial charge in [0, 0.05) is 29.8 Å². The van der Waals surface area contributed by atoms with Crippen LogP contribution in [0.5, 0.6) is 0 Å². The van der Waals surface area contributed by atoms with Gasteiger partial charge in [0.05, 0.1) is 34.0 Å². The summed E-state index contributed by atoms with van der Waals surface area (Å²) in [5, 5.41) is 22.8. The lowest BCUT2D eigenvalue weighted by Gasteiger charge is -2.14. The van der Waals surface area contributed by atoms with E-state index in [9.17, 15) is 14.9 Å². The molecule has 0 saturated carbocycles. The fraction of sp³-hybridized carbons (Fsp3) is 0.250. The van der Waals surface area contributed by atoms with Gasteiger partial charge < -0.3 is 10.1 Å². The van der Waals surface area contributed by atoms with Gasteiger partial charge in [-0.2, -0.15) is 0 Å². The second-order valence-electron chi connectivity index (χ2n) is 6.63. The third kappa shape index (κ3) is 5.77. The molecule has 1 N–H and O–H groups in total. The van der Waals surface area contributed by atoms with E-state index >= 15 is 0 Å². The zero-order valence-corrected chi connectivity index (χ0v) is 19.4. The SMILES string of the molecule is COCCn1c(SC(C)C(=O)Nc2ccc([N+](=O)[O-])cc2Cl)nnc1-c1ccc(Cl)cc1. The molecular weight excluding hydrogens is 477 g/mol. The van der Waals surface area contributed by atoms with Crippen LogP contribution in [0.4, 0.5) is 11.4 Å². The molecule has 0 aliphatic heterocycles. The highest BCUT2D eigenvalue weighted by molar-refractivity contribution is 8.00. The van der Waals surface area contributed by atoms with E-state index in [1.54, 1.807) is 26.2 Å². The highest BCUT2D eigenvalue weighted by Crippen LogP contribution is 2.30. The molecule has 1 aromatic heterocycles. The van der Waals surface area contributed by atoms with Crippen molar-refractivity contribution in [2.45, 2.75) is 23.9 Å². The number of rotatable bonds is 9. The van der Waals surface area contributed by atoms with Gasteiger partial charge in [-0.3, -0.25) is 19.5 Å². The predicted octanol–water partition coefficient (Wildman–Crippen LogP) is 4.93. The van der Waals surface area contributed by atoms with Gasteiger partial charge in [0.25, 0.3) is 5.69 Å². The Morgan fingerprint density at radius 1 is 1.25 bits per heavy atom. The Balaban J connectivity index is 1.77. The smallest absolute Gasteiger partial charge is 0.271 e. The number of thioether (sulfide) groups is 1. The zero-order valence-electron chi connectivity index (χ0n) is 17.1. The molecule has 0 fully saturated rings. The lowest BCUT2D eigenvalue weighted by atomic mass is 10.2. The van der Waals surface area contributed by atoms with Crippen molar-refractivity contribution in [3.8, 4) is 11.4 Å². The first-order valence-corrected chi connectivity index (χ1v) is 11.0. The number of hydrogen-bond donors (Lipinski definition) is 1. The van der Waals surface area contributed by atoms with E-state index in [1.165, 1.54) is 30.0 Å². The molecule has 0 saturated heterocycles. The van der Waals surface area contributed by atoms with Crippen LogP contribution in [0, 0.1) is 10.1 Å². The Hall–Kier alpha value is -2.66. The minimum absolute atomic E-state index is 0.0815. The van der Waals surface area contributed by atoms with E-state index in [1.807, 2.05) is 16.7 Å². The maximum atomic E-state index is 12.7. The van der Waals surface area contributed by atoms with Crippen molar-refractivity contribution in [3.63, 3.8) is 0 Å². The number of nitro groups is 1. The maximum absolute atomic E-state index is 12.7. The van der Waals surface area contributed by atoms with Gasteiger partial charge in [-0.15, -0.1) is 10.2 Å². The molecule has 12 heteroatoms. The quantitative estimate of drug-likeness (QED) is 0.254. The van der Waals surface area contributed by atoms with Crippen LogP contribution in [0.15, 0.2) is 47.6 Å². The normalized spacial score (nSPS) is 11.9. The minimum atomic E-state index is -0.554. The number of anilines is 1. The van der Waals surface area contributed by atoms with Crippen molar-refractivity contribution >= 4 is 52.2 Å². The fourth-order valence-electron chi connectivity index (χ4n) is 2.74. The molecular formula is C20H19Cl2N5O4S. The standard InChI is InChI=1S/C20H19Cl2N5O4S/c1-12(19(28)23-17-8-7-15(27(29)30)11-16(17)22)32-20-25-24-18(26(20)9-10-31-2)13-3-5-14(21)6-4-13/h3-8,11-12H,9-10H2,1-2H3,(H,23,28). The average molecular weight is 496 g/mol. The molecule has 9 nitrogen and oxygen atoms in total. The van der Waals surface area contributed by atoms with Crippen LogP contribution in [0.1, 0.15) is 6.92 Å². The monoisotopic (exact) mass is 495 g/mol. The van der Waals surface area contributed by atoms with Crippen LogP contribution in [0.25, 0.3) is 11.4 Å². The molecule has 1 amide bonds. The predicted molar refractivity (Wildman–Crippen MR) is 124 cm³/mol. The van der Waals surface area contributed by atoms with Crippen molar-refractivity contribution in [3.05, 3.63) is 62.6 Å². The van der Waals surface area contributed by atoms with E-state index in [4.69, 9.17) is 27.9 Å². The minimum Gasteiger partial charge on any atom is -0.383 e. The summed E-state index contributed by atoms with van der Waals surface area (Å²) in [6.07, 6.45) is 0. The summed E-state index contributed by atoms with van der Waals surface area (Å²) in [6.45, 7) is 2.65. The number of nitrogens with one attached hydrogen (secondary N) is 1. The molecule has 1 heterocycles. The van der Waals surface area contributed by atoms with Gasteiger partial charge in [0.2, 0.25) is 5.91 Å². The summed E-state index contributed by atoms with van der Waals surface area (Å²) < 4.78 is 7.08. The first-order valence-electron chi connectivity index (χ1n) is 9.39. The lowest BCUT2D eigenvalue weighted by Crippen LogP contribution is -2.23. The summed E-state index contributed by atoms with van der Waals surface area (Å²) in [5.41, 5.74) is 0.966. The summed E-state index contributed by atoms with van der Waals surface area (Å²) in [4.78, 5) is 23.0. The van der Waals surface area contributed by atoms with Gasteiger partial charge in [-0.1, -0.05) is 35.0 Å². The topological polar surface area (TPSA) is 112 Å². The number of non-ortho nitro benzene ring substituents is 1. The van der Waals surface area contributed by atoms with Gasteiger partial charge in [0.15, 0.2) is 11.0 Å². The van der Waals surface area contributed by atoms with Gasteiger partial charge >= 0.3 is 0 Å². The number of nitrogens with zero attached hydrogens (tertiary/aromatic N) is 4. The van der Waals surface area contributed by atoms with Crippen LogP contribution in [-0.4, -0.2) is 44.6 Å². The summed E-state index contributed by atoms with van der Waals surface area (Å²) in [5.74, 6) is 0.298. The lowest BCUT2D eigenvalue weighted by molar-refractivity contribution is -0.384. The molecule has 0 aliphatic rings. The van der Waals surface area contributed by atoms with Crippen LogP contribution in [0.2, 0.25) is 10.0 Å². The maximum Gasteiger partial charge on any atom is 0.271 e. The van der Waals surface area contributed by atoms with E-state index < -0.39 is 10.2 Å². The molecule has 0 radical (unpaired) electrons. The number of ether oxygens (including phenoxy) is 1. The van der Waals surface area contributed by atoms with Crippen molar-refractivity contribution in [2.24, 2.45) is 0 Å². The number of carbonyl (C=O) groups excluding carboxylic acids is 1. The molecule has 0 aliphatic carbocycles. The van der Waals surface area contributed by atoms with E-state index in [0.717, 1.165) is 5.56 Å². The van der Waals surface area contributed by atoms with Crippen molar-refractivity contribution in [1.82, 2.24) is 14.8 Å². The number of halogens is 2. The second-order valence-corrected chi connectivity index (χ2v) is 8.78. The molecule has 0 bridgehead atoms. The largest absolute Gasteiger partial charge is 0.383 e. The highest BCUT2D eigenvalue weighted by atomic mass is 35.5. The third-order valence-electron chi connectivity index (χ3n) is 4.41. The summed E-state index contributed by atoms with van der Waals surface area (Å²) in [6, 6.07) is 11.1. The molecule has 168 valence electrons. The van der Waals surface area contributed by atoms with E-state index in [2.05, 4.69) is 15.5 Å². The molecule has 3 rings (SSSR count). The van der Waals surface area contributed by atoms with Crippen LogP contribution in [-0.2, 0) is 16.1 Å². The number of benzene rings is 2. The second kappa shape index (κ2) is 10.8. The summed E-state index contributed by atoms with van der Waals surface area (Å²) in [7, 11) is 1.60. The molecule has 1 unspecified atom stereocenters. The Morgan fingerprint density at radius 3 is 2.59 bits per heavy atom. The van der Waals surface area contributed by atoms with Crippen molar-refractivity contribution in [1.29, 1.82) is 0 Å². The van der Waals surface area contributed by atoms with Gasteiger partial charge in [0.1, 0.15) is 0 Å². The Labute approximate surface area is 198 Å². The zero-order chi connectivity index (χ0) is 23.3. The molecule has 32 heavy (non-hydrogen) atoms. The Bertz CT molecular complexity index is 1120. The van der Waals surface area contributed by atoms with Gasteiger partial charge in [-0.05, 0) is 37.3 Å². The van der Waals surface area contributed by atoms with Crippen LogP contribution < -0.4 is 5.32 Å². The van der Waals surface area contributed by atoms with Crippen molar-refractivity contribution < 1.29 is 14.5 Å². The average Bonchev–Trinajstić information content (AvgIpc) is 3.16. The van der Waals surface area contributed by atoms with E-state index in [0.29, 0.717) is 29.2 Å². The fourth-order valence-corrected chi connectivity index (χ4v) is 3.96. The Morgan fingerprint density at radius 2 is 1.97 bits per heavy atom. The van der Waals surface area contributed by atoms with E-state index in [-0.39, 0.29) is 22.3 Å². The number of methoxy groups -OCH3 is 1. The van der Waals surface area contributed by atoms with Crippen LogP contribution >= 0.6 is 35.0 Å².